The van der Waals surface area contributed by atoms with Crippen molar-refractivity contribution in [2.24, 2.45) is 11.8 Å². The number of aliphatic hydroxyl groups is 1. The van der Waals surface area contributed by atoms with E-state index < -0.39 is 6.10 Å². The molecule has 3 saturated heterocycles. The Morgan fingerprint density at radius 3 is 2.29 bits per heavy atom. The van der Waals surface area contributed by atoms with Crippen LogP contribution in [-0.2, 0) is 6.54 Å². The Morgan fingerprint density at radius 2 is 1.58 bits per heavy atom. The maximum atomic E-state index is 12.1. The lowest BCUT2D eigenvalue weighted by Crippen LogP contribution is -3.00. The van der Waals surface area contributed by atoms with Crippen molar-refractivity contribution in [3.63, 3.8) is 0 Å². The fourth-order valence-electron chi connectivity index (χ4n) is 7.56. The zero-order valence-electron chi connectivity index (χ0n) is 21.5. The minimum absolute atomic E-state index is 0. The fourth-order valence-corrected chi connectivity index (χ4v) is 7.56. The summed E-state index contributed by atoms with van der Waals surface area (Å²) >= 11 is 0. The third-order valence-electron chi connectivity index (χ3n) is 9.40. The topological polar surface area (TPSA) is 33.1 Å². The van der Waals surface area contributed by atoms with Crippen molar-refractivity contribution >= 4 is 32.4 Å². The Kier molecular flexibility index (Phi) is 6.47. The summed E-state index contributed by atoms with van der Waals surface area (Å²) in [5.74, 6) is 1.09. The molecule has 5 aromatic rings. The van der Waals surface area contributed by atoms with E-state index in [9.17, 15) is 5.11 Å². The predicted octanol–water partition coefficient (Wildman–Crippen LogP) is 4.19. The molecular weight excluding hydrogens is 488 g/mol. The highest BCUT2D eigenvalue weighted by molar-refractivity contribution is 6.02. The number of quaternary nitrogens is 1. The molecule has 1 N–H and O–H groups in total. The Labute approximate surface area is 230 Å². The highest BCUT2D eigenvalue weighted by Crippen LogP contribution is 2.49. The number of piperidine rings is 3. The van der Waals surface area contributed by atoms with Gasteiger partial charge < -0.3 is 22.0 Å². The van der Waals surface area contributed by atoms with Crippen LogP contribution < -0.4 is 12.4 Å². The second-order valence-electron chi connectivity index (χ2n) is 11.2. The number of fused-ring (bicyclic) bond motifs is 6. The summed E-state index contributed by atoms with van der Waals surface area (Å²) in [6.45, 7) is 7.28. The zero-order chi connectivity index (χ0) is 25.0. The molecule has 192 valence electrons. The van der Waals surface area contributed by atoms with Crippen molar-refractivity contribution in [1.82, 2.24) is 4.98 Å². The lowest BCUT2D eigenvalue weighted by atomic mass is 9.71. The van der Waals surface area contributed by atoms with Crippen molar-refractivity contribution in [3.05, 3.63) is 115 Å². The van der Waals surface area contributed by atoms with Crippen LogP contribution in [0.1, 0.15) is 30.1 Å². The van der Waals surface area contributed by atoms with Crippen LogP contribution in [0.2, 0.25) is 0 Å². The zero-order valence-corrected chi connectivity index (χ0v) is 22.3. The largest absolute Gasteiger partial charge is 1.00 e. The van der Waals surface area contributed by atoms with Gasteiger partial charge in [-0.3, -0.25) is 4.98 Å². The molecule has 3 nitrogen and oxygen atoms in total. The first kappa shape index (κ1) is 25.1. The molecule has 8 rings (SSSR count). The Morgan fingerprint density at radius 1 is 0.921 bits per heavy atom. The van der Waals surface area contributed by atoms with Gasteiger partial charge in [0.05, 0.1) is 18.6 Å². The van der Waals surface area contributed by atoms with Crippen molar-refractivity contribution in [2.75, 3.05) is 13.1 Å². The van der Waals surface area contributed by atoms with Gasteiger partial charge >= 0.3 is 0 Å². The van der Waals surface area contributed by atoms with Gasteiger partial charge in [0.1, 0.15) is 18.7 Å². The number of rotatable bonds is 5. The summed E-state index contributed by atoms with van der Waals surface area (Å²) in [4.78, 5) is 4.57. The number of halogens is 1. The number of para-hydroxylation sites is 1. The van der Waals surface area contributed by atoms with E-state index in [1.165, 1.54) is 33.5 Å². The van der Waals surface area contributed by atoms with Gasteiger partial charge in [0, 0.05) is 35.9 Å². The summed E-state index contributed by atoms with van der Waals surface area (Å²) in [6.07, 6.45) is 5.72. The summed E-state index contributed by atoms with van der Waals surface area (Å²) in [6, 6.07) is 30.3. The quantitative estimate of drug-likeness (QED) is 0.214. The van der Waals surface area contributed by atoms with Crippen LogP contribution >= 0.6 is 0 Å². The molecule has 4 aromatic carbocycles. The monoisotopic (exact) mass is 520 g/mol. The van der Waals surface area contributed by atoms with E-state index in [0.29, 0.717) is 11.8 Å². The van der Waals surface area contributed by atoms with Gasteiger partial charge in [-0.2, -0.15) is 0 Å². The minimum atomic E-state index is -0.539. The molecule has 5 atom stereocenters. The maximum absolute atomic E-state index is 12.1. The molecule has 0 aliphatic carbocycles. The molecule has 0 spiro atoms. The lowest BCUT2D eigenvalue weighted by Gasteiger charge is -2.58. The second kappa shape index (κ2) is 9.81. The van der Waals surface area contributed by atoms with E-state index in [2.05, 4.69) is 78.3 Å². The van der Waals surface area contributed by atoms with E-state index in [0.717, 1.165) is 47.0 Å². The number of benzene rings is 4. The van der Waals surface area contributed by atoms with E-state index in [1.807, 2.05) is 30.5 Å². The SMILES string of the molecule is C=CC1C[N+]2(Cc3c4ccccc4cc4ccccc34)CCC1C[C@H]2[C@@H](O)c1ccnc2ccccc12.[Cl-]. The predicted molar refractivity (Wildman–Crippen MR) is 152 cm³/mol. The van der Waals surface area contributed by atoms with Gasteiger partial charge in [0.25, 0.3) is 0 Å². The van der Waals surface area contributed by atoms with E-state index in [4.69, 9.17) is 0 Å². The normalized spacial score (nSPS) is 25.3. The van der Waals surface area contributed by atoms with Gasteiger partial charge in [0.2, 0.25) is 0 Å². The summed E-state index contributed by atoms with van der Waals surface area (Å²) in [5.41, 5.74) is 3.37. The number of hydrogen-bond donors (Lipinski definition) is 1. The fraction of sp³-hybridized carbons (Fsp3) is 0.265. The van der Waals surface area contributed by atoms with Crippen molar-refractivity contribution in [2.45, 2.75) is 31.5 Å². The molecule has 3 fully saturated rings. The van der Waals surface area contributed by atoms with Crippen LogP contribution in [0, 0.1) is 11.8 Å². The number of nitrogens with zero attached hydrogens (tertiary/aromatic N) is 2. The van der Waals surface area contributed by atoms with E-state index in [-0.39, 0.29) is 18.4 Å². The van der Waals surface area contributed by atoms with E-state index >= 15 is 0 Å². The number of hydrogen-bond acceptors (Lipinski definition) is 2. The first-order valence-corrected chi connectivity index (χ1v) is 13.6. The minimum Gasteiger partial charge on any atom is -1.00 e. The van der Waals surface area contributed by atoms with E-state index in [1.54, 1.807) is 0 Å². The molecule has 38 heavy (non-hydrogen) atoms. The lowest BCUT2D eigenvalue weighted by molar-refractivity contribution is -0.984. The highest BCUT2D eigenvalue weighted by Gasteiger charge is 2.54. The second-order valence-corrected chi connectivity index (χ2v) is 11.2. The Balaban J connectivity index is 0.00000264. The van der Waals surface area contributed by atoms with Gasteiger partial charge in [0.15, 0.2) is 0 Å². The molecule has 0 radical (unpaired) electrons. The van der Waals surface area contributed by atoms with Crippen molar-refractivity contribution < 1.29 is 22.0 Å². The average Bonchev–Trinajstić information content (AvgIpc) is 2.96. The summed E-state index contributed by atoms with van der Waals surface area (Å²) in [7, 11) is 0. The molecule has 3 unspecified atom stereocenters. The number of aromatic nitrogens is 1. The first-order valence-electron chi connectivity index (χ1n) is 13.6. The Hall–Kier alpha value is -3.24. The van der Waals surface area contributed by atoms with Gasteiger partial charge in [-0.15, -0.1) is 6.58 Å². The van der Waals surface area contributed by atoms with Crippen LogP contribution in [0.5, 0.6) is 0 Å². The average molecular weight is 521 g/mol. The molecule has 2 bridgehead atoms. The third kappa shape index (κ3) is 3.92. The summed E-state index contributed by atoms with van der Waals surface area (Å²) in [5, 5.41) is 18.4. The van der Waals surface area contributed by atoms with Crippen LogP contribution in [0.15, 0.2) is 104 Å². The van der Waals surface area contributed by atoms with Crippen LogP contribution in [0.25, 0.3) is 32.4 Å². The van der Waals surface area contributed by atoms with Crippen LogP contribution in [0.3, 0.4) is 0 Å². The molecule has 3 aliphatic heterocycles. The molecule has 0 saturated carbocycles. The number of aliphatic hydroxyl groups excluding tert-OH is 1. The molecule has 0 amide bonds. The summed E-state index contributed by atoms with van der Waals surface area (Å²) < 4.78 is 0.906. The molecule has 4 heterocycles. The van der Waals surface area contributed by atoms with Crippen molar-refractivity contribution in [3.8, 4) is 0 Å². The molecular formula is C34H33ClN2O. The molecule has 1 aromatic heterocycles. The molecule has 4 heteroatoms. The van der Waals surface area contributed by atoms with Gasteiger partial charge in [-0.05, 0) is 51.2 Å². The van der Waals surface area contributed by atoms with Crippen molar-refractivity contribution in [1.29, 1.82) is 0 Å². The smallest absolute Gasteiger partial charge is 0.131 e. The maximum Gasteiger partial charge on any atom is 0.131 e. The van der Waals surface area contributed by atoms with Crippen LogP contribution in [-0.4, -0.2) is 33.7 Å². The standard InChI is InChI=1S/C34H33N2O.ClH/c1-2-23-21-36(22-31-27-11-5-3-9-25(27)19-26-10-4-6-12-28(26)31)18-16-24(23)20-33(36)34(37)30-15-17-35-32-14-8-7-13-29(30)32;/h2-15,17,19,23-24,33-34,37H,1,16,18,20-22H2;1H/q+1;/p-1/t23?,24?,33-,34-,36?;/m0./s1. The highest BCUT2D eigenvalue weighted by atomic mass is 35.5. The van der Waals surface area contributed by atoms with Crippen LogP contribution in [0.4, 0.5) is 0 Å². The third-order valence-corrected chi connectivity index (χ3v) is 9.40. The first-order chi connectivity index (χ1) is 18.2. The van der Waals surface area contributed by atoms with Gasteiger partial charge in [-0.25, -0.2) is 0 Å². The molecule has 3 aliphatic rings. The Bertz CT molecular complexity index is 1590. The van der Waals surface area contributed by atoms with Gasteiger partial charge in [-0.1, -0.05) is 72.8 Å². The number of pyridine rings is 1.